The smallest absolute Gasteiger partial charge is 0.331 e. The molecule has 8 rings (SSSR count). The Bertz CT molecular complexity index is 1530. The Hall–Kier alpha value is -1.76. The Kier molecular flexibility index (Phi) is 12.0. The van der Waals surface area contributed by atoms with Crippen LogP contribution in [0.5, 0.6) is 0 Å². The van der Waals surface area contributed by atoms with Crippen molar-refractivity contribution in [2.24, 2.45) is 34.5 Å². The molecule has 4 saturated carbocycles. The van der Waals surface area contributed by atoms with E-state index >= 15 is 0 Å². The number of ether oxygens (including phenoxy) is 8. The summed E-state index contributed by atoms with van der Waals surface area (Å²) in [6.45, 7) is 11.2. The van der Waals surface area contributed by atoms with Gasteiger partial charge in [0.05, 0.1) is 48.3 Å². The molecule has 4 aliphatic heterocycles. The second kappa shape index (κ2) is 16.2. The lowest BCUT2D eigenvalue weighted by molar-refractivity contribution is -0.336. The van der Waals surface area contributed by atoms with E-state index < -0.39 is 96.9 Å². The topological polar surface area (TPSA) is 209 Å². The molecule has 0 amide bonds. The summed E-state index contributed by atoms with van der Waals surface area (Å²) in [4.78, 5) is 23.5. The molecule has 0 spiro atoms. The van der Waals surface area contributed by atoms with Gasteiger partial charge >= 0.3 is 11.9 Å². The number of aliphatic hydroxyl groups excluding tert-OH is 4. The van der Waals surface area contributed by atoms with Gasteiger partial charge in [-0.1, -0.05) is 13.8 Å². The first-order valence-electron chi connectivity index (χ1n) is 21.8. The largest absolute Gasteiger partial charge is 0.459 e. The first kappa shape index (κ1) is 42.9. The maximum atomic E-state index is 12.6. The van der Waals surface area contributed by atoms with Gasteiger partial charge in [-0.15, -0.1) is 0 Å². The van der Waals surface area contributed by atoms with Gasteiger partial charge in [-0.3, -0.25) is 4.79 Å². The van der Waals surface area contributed by atoms with E-state index in [9.17, 15) is 35.1 Å². The second-order valence-corrected chi connectivity index (χ2v) is 19.4. The number of fused-ring (bicyclic) bond motifs is 5. The summed E-state index contributed by atoms with van der Waals surface area (Å²) < 4.78 is 47.7. The Morgan fingerprint density at radius 1 is 0.759 bits per heavy atom. The van der Waals surface area contributed by atoms with Crippen LogP contribution in [0, 0.1) is 34.5 Å². The molecule has 0 radical (unpaired) electrons. The van der Waals surface area contributed by atoms with Crippen molar-refractivity contribution in [3.63, 3.8) is 0 Å². The van der Waals surface area contributed by atoms with Crippen molar-refractivity contribution in [2.45, 2.75) is 204 Å². The van der Waals surface area contributed by atoms with Crippen LogP contribution in [0.15, 0.2) is 11.6 Å². The molecular weight excluding hydrogens is 756 g/mol. The number of aliphatic hydroxyl groups is 5. The molecule has 4 heterocycles. The summed E-state index contributed by atoms with van der Waals surface area (Å²) >= 11 is 0. The molecule has 0 unspecified atom stereocenters. The van der Waals surface area contributed by atoms with Crippen molar-refractivity contribution in [2.75, 3.05) is 6.61 Å². The molecule has 7 fully saturated rings. The molecule has 5 N–H and O–H groups in total. The van der Waals surface area contributed by atoms with Gasteiger partial charge in [-0.25, -0.2) is 4.79 Å². The monoisotopic (exact) mass is 822 g/mol. The summed E-state index contributed by atoms with van der Waals surface area (Å²) in [5.74, 6) is -0.345. The lowest BCUT2D eigenvalue weighted by Crippen LogP contribution is -2.67. The van der Waals surface area contributed by atoms with Crippen LogP contribution >= 0.6 is 0 Å². The third-order valence-electron chi connectivity index (χ3n) is 16.2. The van der Waals surface area contributed by atoms with Crippen molar-refractivity contribution in [3.8, 4) is 0 Å². The van der Waals surface area contributed by atoms with Gasteiger partial charge in [0.2, 0.25) is 0 Å². The number of cyclic esters (lactones) is 1. The Morgan fingerprint density at radius 2 is 1.38 bits per heavy atom. The van der Waals surface area contributed by atoms with Gasteiger partial charge < -0.3 is 63.4 Å². The number of hydrogen-bond acceptors (Lipinski definition) is 15. The maximum absolute atomic E-state index is 12.6. The molecule has 0 bridgehead atoms. The predicted molar refractivity (Wildman–Crippen MR) is 202 cm³/mol. The van der Waals surface area contributed by atoms with Crippen molar-refractivity contribution in [3.05, 3.63) is 11.6 Å². The SMILES string of the molecule is CC(=O)O[C@H]1C[C@H](O[C@@H]2[C@@H](O)C[C@H](O[C@@H]3[C@@H](O)C[C@H](O[C@@H]4CC[C@@]5(C)[C@H](CC[C@@H]6[C@@H]5C[C@@H](O)[C@]5(C)[C@H](C7=CC(=O)OC7)CC[C@@]65O)C4)O[C@@H]3C)O[C@@H]2C)O[C@H](C)[C@H]1O. The lowest BCUT2D eigenvalue weighted by atomic mass is 9.42. The average Bonchev–Trinajstić information content (AvgIpc) is 3.70. The molecule has 328 valence electrons. The molecule has 58 heavy (non-hydrogen) atoms. The average molecular weight is 823 g/mol. The highest BCUT2D eigenvalue weighted by molar-refractivity contribution is 5.85. The molecular formula is C43H66O15. The highest BCUT2D eigenvalue weighted by Crippen LogP contribution is 2.70. The summed E-state index contributed by atoms with van der Waals surface area (Å²) in [6, 6.07) is 0. The summed E-state index contributed by atoms with van der Waals surface area (Å²) in [5.41, 5.74) is -0.918. The van der Waals surface area contributed by atoms with E-state index in [-0.39, 0.29) is 61.1 Å². The Morgan fingerprint density at radius 3 is 1.98 bits per heavy atom. The zero-order chi connectivity index (χ0) is 41.5. The van der Waals surface area contributed by atoms with Crippen LogP contribution in [0.2, 0.25) is 0 Å². The molecule has 3 saturated heterocycles. The standard InChI is InChI=1S/C43H66O15/c1-20-38(49)32(55-23(4)44)18-37(52-20)58-40-22(3)54-36(17-31(40)46)57-39-21(2)53-35(16-30(39)45)56-26-9-11-41(5)25(14-26)7-8-28-29(41)15-33(47)42(6)27(10-12-43(28,42)50)24-13-34(48)51-19-24/h13,20-22,25-33,35-40,45-47,49-50H,7-12,14-19H2,1-6H3/t20-,21-,22-,25-,26-,27+,28-,29+,30+,31+,32+,33-,35+,36+,37+,38-,39+,40+,41+,42+,43-/m1/s1. The van der Waals surface area contributed by atoms with Gasteiger partial charge in [0.1, 0.15) is 31.0 Å². The number of esters is 2. The van der Waals surface area contributed by atoms with Gasteiger partial charge in [0, 0.05) is 37.7 Å². The molecule has 8 aliphatic rings. The van der Waals surface area contributed by atoms with E-state index in [0.717, 1.165) is 44.1 Å². The van der Waals surface area contributed by atoms with Crippen molar-refractivity contribution in [1.82, 2.24) is 0 Å². The Labute approximate surface area is 341 Å². The molecule has 4 aliphatic carbocycles. The van der Waals surface area contributed by atoms with Crippen LogP contribution in [0.25, 0.3) is 0 Å². The van der Waals surface area contributed by atoms with E-state index in [1.54, 1.807) is 19.9 Å². The van der Waals surface area contributed by atoms with E-state index in [4.69, 9.17) is 37.9 Å². The minimum absolute atomic E-state index is 0.0561. The van der Waals surface area contributed by atoms with E-state index in [0.29, 0.717) is 18.8 Å². The lowest BCUT2D eigenvalue weighted by Gasteiger charge is -2.65. The van der Waals surface area contributed by atoms with Crippen molar-refractivity contribution in [1.29, 1.82) is 0 Å². The minimum Gasteiger partial charge on any atom is -0.459 e. The van der Waals surface area contributed by atoms with Crippen LogP contribution < -0.4 is 0 Å². The zero-order valence-corrected chi connectivity index (χ0v) is 34.8. The molecule has 21 atom stereocenters. The molecule has 0 aromatic rings. The molecule has 0 aromatic carbocycles. The third-order valence-corrected chi connectivity index (χ3v) is 16.2. The van der Waals surface area contributed by atoms with Gasteiger partial charge in [0.25, 0.3) is 0 Å². The quantitative estimate of drug-likeness (QED) is 0.176. The first-order valence-corrected chi connectivity index (χ1v) is 21.8. The normalized spacial score (nSPS) is 53.2. The van der Waals surface area contributed by atoms with Gasteiger partial charge in [-0.05, 0) is 107 Å². The molecule has 15 nitrogen and oxygen atoms in total. The first-order chi connectivity index (χ1) is 27.4. The van der Waals surface area contributed by atoms with E-state index in [1.165, 1.54) is 6.92 Å². The third kappa shape index (κ3) is 7.49. The highest BCUT2D eigenvalue weighted by Gasteiger charge is 2.71. The maximum Gasteiger partial charge on any atom is 0.331 e. The van der Waals surface area contributed by atoms with Crippen LogP contribution in [0.3, 0.4) is 0 Å². The number of rotatable bonds is 8. The zero-order valence-electron chi connectivity index (χ0n) is 34.8. The fraction of sp³-hybridized carbons (Fsp3) is 0.907. The summed E-state index contributed by atoms with van der Waals surface area (Å²) in [7, 11) is 0. The highest BCUT2D eigenvalue weighted by atomic mass is 16.7. The fourth-order valence-electron chi connectivity index (χ4n) is 13.1. The van der Waals surface area contributed by atoms with Gasteiger partial charge in [0.15, 0.2) is 18.9 Å². The fourth-order valence-corrected chi connectivity index (χ4v) is 13.1. The van der Waals surface area contributed by atoms with E-state index in [1.807, 2.05) is 13.8 Å². The predicted octanol–water partition coefficient (Wildman–Crippen LogP) is 2.79. The number of carbonyl (C=O) groups excluding carboxylic acids is 2. The second-order valence-electron chi connectivity index (χ2n) is 19.4. The van der Waals surface area contributed by atoms with Gasteiger partial charge in [-0.2, -0.15) is 0 Å². The van der Waals surface area contributed by atoms with Crippen LogP contribution in [-0.4, -0.2) is 136 Å². The van der Waals surface area contributed by atoms with Crippen molar-refractivity contribution >= 4 is 11.9 Å². The summed E-state index contributed by atoms with van der Waals surface area (Å²) in [5, 5.41) is 57.3. The van der Waals surface area contributed by atoms with Crippen molar-refractivity contribution < 1.29 is 73.0 Å². The minimum atomic E-state index is -1.02. The summed E-state index contributed by atoms with van der Waals surface area (Å²) in [6.07, 6.45) is -1.66. The number of hydrogen-bond donors (Lipinski definition) is 5. The molecule has 15 heteroatoms. The van der Waals surface area contributed by atoms with E-state index in [2.05, 4.69) is 6.92 Å². The van der Waals surface area contributed by atoms with Crippen LogP contribution in [-0.2, 0) is 47.5 Å². The van der Waals surface area contributed by atoms with Crippen LogP contribution in [0.4, 0.5) is 0 Å². The number of carbonyl (C=O) groups is 2. The molecule has 0 aromatic heterocycles. The Balaban J connectivity index is 0.829. The van der Waals surface area contributed by atoms with Crippen LogP contribution in [0.1, 0.15) is 112 Å².